The second kappa shape index (κ2) is 1.93. The third kappa shape index (κ3) is 0.849. The van der Waals surface area contributed by atoms with Crippen LogP contribution in [0.2, 0.25) is 0 Å². The first kappa shape index (κ1) is 5.26. The Hall–Kier alpha value is -0.880. The molecule has 40 valence electrons. The van der Waals surface area contributed by atoms with Gasteiger partial charge in [-0.3, -0.25) is 0 Å². The Labute approximate surface area is 50.2 Å². The average Bonchev–Trinajstić information content (AvgIpc) is 2.14. The summed E-state index contributed by atoms with van der Waals surface area (Å²) in [7, 11) is 0. The van der Waals surface area contributed by atoms with Crippen LogP contribution in [0.1, 0.15) is 5.01 Å². The van der Waals surface area contributed by atoms with E-state index in [1.54, 1.807) is 0 Å². The molecule has 0 saturated heterocycles. The summed E-state index contributed by atoms with van der Waals surface area (Å²) in [6.07, 6.45) is 4.89. The molecule has 0 saturated carbocycles. The van der Waals surface area contributed by atoms with Gasteiger partial charge >= 0.3 is 0 Å². The van der Waals surface area contributed by atoms with Crippen LogP contribution in [-0.4, -0.2) is 4.98 Å². The predicted octanol–water partition coefficient (Wildman–Crippen LogP) is 1.26. The van der Waals surface area contributed by atoms with Crippen LogP contribution >= 0.6 is 11.3 Å². The predicted molar refractivity (Wildman–Crippen MR) is 30.0 cm³/mol. The third-order valence-electron chi connectivity index (χ3n) is 0.600. The number of hydrogen-bond donors (Lipinski definition) is 0. The van der Waals surface area contributed by atoms with Gasteiger partial charge < -0.3 is 0 Å². The highest BCUT2D eigenvalue weighted by molar-refractivity contribution is 7.10. The number of hydrogen-bond acceptors (Lipinski definition) is 2. The molecule has 1 rings (SSSR count). The minimum Gasteiger partial charge on any atom is -0.199 e. The van der Waals surface area contributed by atoms with Crippen LogP contribution in [0, 0.1) is 18.3 Å². The maximum absolute atomic E-state index is 11.9. The molecule has 0 aliphatic carbocycles. The van der Waals surface area contributed by atoms with Crippen LogP contribution in [-0.2, 0) is 0 Å². The van der Waals surface area contributed by atoms with E-state index in [0.29, 0.717) is 5.01 Å². The second-order valence-electron chi connectivity index (χ2n) is 1.12. The van der Waals surface area contributed by atoms with Crippen molar-refractivity contribution in [1.29, 1.82) is 0 Å². The Balaban J connectivity index is 3.05. The maximum Gasteiger partial charge on any atom is 0.224 e. The van der Waals surface area contributed by atoms with Crippen molar-refractivity contribution in [2.24, 2.45) is 0 Å². The van der Waals surface area contributed by atoms with Crippen LogP contribution in [0.4, 0.5) is 4.39 Å². The molecule has 0 radical (unpaired) electrons. The molecule has 0 atom stereocenters. The van der Waals surface area contributed by atoms with Crippen LogP contribution in [0.25, 0.3) is 0 Å². The Kier molecular flexibility index (Phi) is 1.27. The van der Waals surface area contributed by atoms with Crippen LogP contribution in [0.15, 0.2) is 5.38 Å². The molecule has 8 heavy (non-hydrogen) atoms. The highest BCUT2D eigenvalue weighted by atomic mass is 32.1. The van der Waals surface area contributed by atoms with Crippen molar-refractivity contribution in [1.82, 2.24) is 4.98 Å². The van der Waals surface area contributed by atoms with Gasteiger partial charge in [0.05, 0.1) is 0 Å². The molecule has 0 bridgehead atoms. The van der Waals surface area contributed by atoms with Gasteiger partial charge in [0.2, 0.25) is 5.95 Å². The lowest BCUT2D eigenvalue weighted by molar-refractivity contribution is 0.591. The van der Waals surface area contributed by atoms with Crippen molar-refractivity contribution in [3.63, 3.8) is 0 Å². The Bertz CT molecular complexity index is 223. The van der Waals surface area contributed by atoms with E-state index < -0.39 is 5.95 Å². The first-order valence-corrected chi connectivity index (χ1v) is 2.78. The lowest BCUT2D eigenvalue weighted by Gasteiger charge is -1.68. The van der Waals surface area contributed by atoms with E-state index in [9.17, 15) is 4.39 Å². The summed E-state index contributed by atoms with van der Waals surface area (Å²) in [5, 5.41) is 1.66. The summed E-state index contributed by atoms with van der Waals surface area (Å²) in [6, 6.07) is 0. The summed E-state index contributed by atoms with van der Waals surface area (Å²) in [6.45, 7) is 0. The highest BCUT2D eigenvalue weighted by Gasteiger charge is 1.93. The zero-order valence-electron chi connectivity index (χ0n) is 3.89. The fourth-order valence-corrected chi connectivity index (χ4v) is 0.790. The first-order chi connectivity index (χ1) is 3.83. The maximum atomic E-state index is 11.9. The molecule has 1 aromatic rings. The van der Waals surface area contributed by atoms with Gasteiger partial charge in [0.25, 0.3) is 0 Å². The molecule has 0 fully saturated rings. The van der Waals surface area contributed by atoms with Crippen molar-refractivity contribution in [3.05, 3.63) is 16.3 Å². The number of rotatable bonds is 0. The topological polar surface area (TPSA) is 12.9 Å². The van der Waals surface area contributed by atoms with Gasteiger partial charge in [-0.1, -0.05) is 0 Å². The van der Waals surface area contributed by atoms with E-state index in [0.717, 1.165) is 11.3 Å². The molecule has 0 spiro atoms. The van der Waals surface area contributed by atoms with Gasteiger partial charge in [0.1, 0.15) is 0 Å². The molecule has 1 aromatic heterocycles. The van der Waals surface area contributed by atoms with E-state index in [1.165, 1.54) is 5.38 Å². The average molecular weight is 127 g/mol. The van der Waals surface area contributed by atoms with Gasteiger partial charge in [-0.05, 0) is 5.92 Å². The van der Waals surface area contributed by atoms with Gasteiger partial charge in [-0.25, -0.2) is 0 Å². The van der Waals surface area contributed by atoms with Crippen LogP contribution in [0.3, 0.4) is 0 Å². The van der Waals surface area contributed by atoms with E-state index in [1.807, 2.05) is 0 Å². The first-order valence-electron chi connectivity index (χ1n) is 1.90. The molecule has 1 heterocycles. The largest absolute Gasteiger partial charge is 0.224 e. The Morgan fingerprint density at radius 3 is 2.88 bits per heavy atom. The number of halogens is 1. The quantitative estimate of drug-likeness (QED) is 0.478. The summed E-state index contributed by atoms with van der Waals surface area (Å²) < 4.78 is 11.9. The molecule has 3 heteroatoms. The number of nitrogens with zero attached hydrogens (tertiary/aromatic N) is 1. The lowest BCUT2D eigenvalue weighted by atomic mass is 10.7. The molecular weight excluding hydrogens is 125 g/mol. The van der Waals surface area contributed by atoms with E-state index in [4.69, 9.17) is 6.42 Å². The van der Waals surface area contributed by atoms with E-state index >= 15 is 0 Å². The van der Waals surface area contributed by atoms with Crippen molar-refractivity contribution in [2.45, 2.75) is 0 Å². The van der Waals surface area contributed by atoms with E-state index in [2.05, 4.69) is 10.9 Å². The molecular formula is C5H2FNS. The third-order valence-corrected chi connectivity index (χ3v) is 1.34. The van der Waals surface area contributed by atoms with Gasteiger partial charge in [0.15, 0.2) is 5.01 Å². The van der Waals surface area contributed by atoms with Crippen LogP contribution in [0.5, 0.6) is 0 Å². The van der Waals surface area contributed by atoms with Gasteiger partial charge in [-0.15, -0.1) is 17.8 Å². The molecule has 0 amide bonds. The Morgan fingerprint density at radius 1 is 1.88 bits per heavy atom. The monoisotopic (exact) mass is 127 g/mol. The minimum atomic E-state index is -0.497. The highest BCUT2D eigenvalue weighted by Crippen LogP contribution is 2.04. The smallest absolute Gasteiger partial charge is 0.199 e. The summed E-state index contributed by atoms with van der Waals surface area (Å²) in [5.41, 5.74) is 0. The SMILES string of the molecule is C#Cc1nc(F)cs1. The molecule has 0 aromatic carbocycles. The van der Waals surface area contributed by atoms with Crippen molar-refractivity contribution in [3.8, 4) is 12.3 Å². The summed E-state index contributed by atoms with van der Waals surface area (Å²) in [4.78, 5) is 3.34. The number of terminal acetylenes is 1. The molecule has 0 aliphatic rings. The van der Waals surface area contributed by atoms with Gasteiger partial charge in [-0.2, -0.15) is 9.37 Å². The zero-order valence-corrected chi connectivity index (χ0v) is 4.70. The van der Waals surface area contributed by atoms with Crippen LogP contribution < -0.4 is 0 Å². The van der Waals surface area contributed by atoms with E-state index in [-0.39, 0.29) is 0 Å². The standard InChI is InChI=1S/C5H2FNS/c1-2-5-7-4(6)3-8-5/h1,3H. The number of aromatic nitrogens is 1. The normalized spacial score (nSPS) is 8.50. The van der Waals surface area contributed by atoms with Crippen molar-refractivity contribution in [2.75, 3.05) is 0 Å². The lowest BCUT2D eigenvalue weighted by Crippen LogP contribution is -1.70. The minimum absolute atomic E-state index is 0.391. The van der Waals surface area contributed by atoms with Crippen molar-refractivity contribution < 1.29 is 4.39 Å². The fourth-order valence-electron chi connectivity index (χ4n) is 0.320. The molecule has 1 nitrogen and oxygen atoms in total. The van der Waals surface area contributed by atoms with Gasteiger partial charge in [0, 0.05) is 5.38 Å². The second-order valence-corrected chi connectivity index (χ2v) is 1.98. The van der Waals surface area contributed by atoms with Crippen molar-refractivity contribution >= 4 is 11.3 Å². The molecule has 0 aliphatic heterocycles. The molecule has 0 N–H and O–H groups in total. The summed E-state index contributed by atoms with van der Waals surface area (Å²) in [5.74, 6) is 1.72. The number of thiazole rings is 1. The zero-order chi connectivity index (χ0) is 5.98. The summed E-state index contributed by atoms with van der Waals surface area (Å²) >= 11 is 1.13. The molecule has 0 unspecified atom stereocenters. The fraction of sp³-hybridized carbons (Fsp3) is 0. The Morgan fingerprint density at radius 2 is 2.62 bits per heavy atom.